The molecule has 2 atom stereocenters. The van der Waals surface area contributed by atoms with Crippen LogP contribution in [0, 0.1) is 4.91 Å². The molecular weight excluding hydrogens is 416 g/mol. The van der Waals surface area contributed by atoms with Crippen LogP contribution in [0.2, 0.25) is 0 Å². The average molecular weight is 436 g/mol. The van der Waals surface area contributed by atoms with Crippen molar-refractivity contribution in [1.82, 2.24) is 14.9 Å². The number of aromatic amines is 1. The summed E-state index contributed by atoms with van der Waals surface area (Å²) in [6, 6.07) is 11.4. The van der Waals surface area contributed by atoms with Crippen molar-refractivity contribution in [1.29, 1.82) is 0 Å². The molecule has 10 nitrogen and oxygen atoms in total. The minimum atomic E-state index is -1.14. The molecule has 5 rings (SSSR count). The predicted octanol–water partition coefficient (Wildman–Crippen LogP) is 2.44. The lowest BCUT2D eigenvalue weighted by atomic mass is 9.89. The molecule has 1 aromatic heterocycles. The Morgan fingerprint density at radius 3 is 2.78 bits per heavy atom. The number of benzene rings is 2. The third-order valence-electron chi connectivity index (χ3n) is 5.94. The number of rotatable bonds is 5. The molecule has 164 valence electrons. The number of nitrogens with one attached hydrogen (secondary N) is 1. The highest BCUT2D eigenvalue weighted by atomic mass is 16.7. The molecule has 3 aromatic rings. The first-order chi connectivity index (χ1) is 15.5. The highest BCUT2D eigenvalue weighted by Crippen LogP contribution is 2.44. The second-order valence-corrected chi connectivity index (χ2v) is 7.85. The van der Waals surface area contributed by atoms with Gasteiger partial charge in [0.25, 0.3) is 0 Å². The van der Waals surface area contributed by atoms with E-state index >= 15 is 0 Å². The number of amides is 1. The first-order valence-corrected chi connectivity index (χ1v) is 10.1. The number of H-pyrrole nitrogens is 1. The lowest BCUT2D eigenvalue weighted by Crippen LogP contribution is -2.51. The number of aromatic nitrogens is 1. The van der Waals surface area contributed by atoms with Crippen LogP contribution in [0.5, 0.6) is 11.5 Å². The van der Waals surface area contributed by atoms with Crippen molar-refractivity contribution in [3.05, 3.63) is 64.2 Å². The first-order valence-electron chi connectivity index (χ1n) is 10.1. The van der Waals surface area contributed by atoms with E-state index in [9.17, 15) is 14.5 Å². The summed E-state index contributed by atoms with van der Waals surface area (Å²) in [5.41, 5.74) is 3.22. The Hall–Kier alpha value is -4.08. The van der Waals surface area contributed by atoms with Gasteiger partial charge in [-0.3, -0.25) is 9.59 Å². The summed E-state index contributed by atoms with van der Waals surface area (Å²) < 4.78 is 10.9. The Balaban J connectivity index is 1.66. The molecule has 0 aliphatic carbocycles. The summed E-state index contributed by atoms with van der Waals surface area (Å²) in [6.45, 7) is -0.366. The second-order valence-electron chi connectivity index (χ2n) is 7.85. The summed E-state index contributed by atoms with van der Waals surface area (Å²) in [4.78, 5) is 40.9. The molecule has 2 N–H and O–H groups in total. The zero-order valence-electron chi connectivity index (χ0n) is 17.1. The minimum absolute atomic E-state index is 0.109. The van der Waals surface area contributed by atoms with Crippen LogP contribution in [0.25, 0.3) is 10.9 Å². The van der Waals surface area contributed by atoms with E-state index in [0.29, 0.717) is 17.1 Å². The summed E-state index contributed by atoms with van der Waals surface area (Å²) >= 11 is 0. The van der Waals surface area contributed by atoms with Gasteiger partial charge in [-0.15, -0.1) is 4.91 Å². The van der Waals surface area contributed by atoms with E-state index in [1.807, 2.05) is 24.3 Å². The third kappa shape index (κ3) is 3.11. The molecular formula is C22H20N4O6. The molecule has 2 aliphatic heterocycles. The van der Waals surface area contributed by atoms with Crippen molar-refractivity contribution in [3.8, 4) is 11.5 Å². The quantitative estimate of drug-likeness (QED) is 0.589. The van der Waals surface area contributed by atoms with Gasteiger partial charge in [-0.25, -0.2) is 5.01 Å². The van der Waals surface area contributed by atoms with Gasteiger partial charge in [-0.1, -0.05) is 24.3 Å². The zero-order chi connectivity index (χ0) is 22.4. The molecule has 0 radical (unpaired) electrons. The zero-order valence-corrected chi connectivity index (χ0v) is 17.1. The molecule has 0 unspecified atom stereocenters. The van der Waals surface area contributed by atoms with E-state index in [2.05, 4.69) is 10.3 Å². The molecule has 0 spiro atoms. The van der Waals surface area contributed by atoms with Gasteiger partial charge in [0.05, 0.1) is 5.29 Å². The molecule has 2 aliphatic rings. The number of carboxylic acid groups (broad SMARTS) is 1. The SMILES string of the molecule is CN(CC(=O)O)C(=O)[C@H]1Cc2c([nH]c3ccccc23)[C@@H](c2ccc3c(c2)OCO3)N1N=O. The number of fused-ring (bicyclic) bond motifs is 4. The average Bonchev–Trinajstić information content (AvgIpc) is 3.40. The van der Waals surface area contributed by atoms with Crippen LogP contribution >= 0.6 is 0 Å². The number of nitroso groups, excluding NO2 is 1. The van der Waals surface area contributed by atoms with E-state index in [4.69, 9.17) is 14.6 Å². The van der Waals surface area contributed by atoms with E-state index in [1.165, 1.54) is 12.1 Å². The molecule has 0 bridgehead atoms. The fraction of sp³-hybridized carbons (Fsp3) is 0.273. The van der Waals surface area contributed by atoms with Gasteiger partial charge in [-0.2, -0.15) is 0 Å². The van der Waals surface area contributed by atoms with Crippen LogP contribution in [0.3, 0.4) is 0 Å². The standard InChI is InChI=1S/C22H20N4O6/c1-25(10-19(27)28)22(29)16-9-14-13-4-2-3-5-15(13)23-20(14)21(26(16)24-30)12-6-7-17-18(8-12)32-11-31-17/h2-8,16,21,23H,9-11H2,1H3,(H,27,28)/t16-,21-/m1/s1. The van der Waals surface area contributed by atoms with Crippen LogP contribution < -0.4 is 9.47 Å². The van der Waals surface area contributed by atoms with Crippen molar-refractivity contribution in [2.45, 2.75) is 18.5 Å². The number of para-hydroxylation sites is 1. The lowest BCUT2D eigenvalue weighted by molar-refractivity contribution is -0.146. The normalized spacial score (nSPS) is 19.0. The highest BCUT2D eigenvalue weighted by molar-refractivity contribution is 5.89. The Morgan fingerprint density at radius 1 is 1.22 bits per heavy atom. The van der Waals surface area contributed by atoms with Gasteiger partial charge in [0.1, 0.15) is 18.6 Å². The summed E-state index contributed by atoms with van der Waals surface area (Å²) in [5.74, 6) is -0.487. The second kappa shape index (κ2) is 7.56. The molecule has 0 fully saturated rings. The van der Waals surface area contributed by atoms with Gasteiger partial charge in [-0.05, 0) is 29.3 Å². The lowest BCUT2D eigenvalue weighted by Gasteiger charge is -2.38. The molecule has 32 heavy (non-hydrogen) atoms. The first kappa shape index (κ1) is 19.9. The Labute approximate surface area is 182 Å². The van der Waals surface area contributed by atoms with Crippen LogP contribution in [0.15, 0.2) is 47.8 Å². The maximum Gasteiger partial charge on any atom is 0.323 e. The number of carbonyl (C=O) groups excluding carboxylic acids is 1. The van der Waals surface area contributed by atoms with Crippen molar-refractivity contribution >= 4 is 22.8 Å². The number of nitrogens with zero attached hydrogens (tertiary/aromatic N) is 3. The monoisotopic (exact) mass is 436 g/mol. The number of carbonyl (C=O) groups is 2. The molecule has 3 heterocycles. The smallest absolute Gasteiger partial charge is 0.323 e. The Kier molecular flexibility index (Phi) is 4.69. The van der Waals surface area contributed by atoms with Crippen molar-refractivity contribution < 1.29 is 24.2 Å². The van der Waals surface area contributed by atoms with E-state index in [1.54, 1.807) is 18.2 Å². The Bertz CT molecular complexity index is 1240. The van der Waals surface area contributed by atoms with Crippen molar-refractivity contribution in [2.75, 3.05) is 20.4 Å². The minimum Gasteiger partial charge on any atom is -0.480 e. The highest BCUT2D eigenvalue weighted by Gasteiger charge is 2.43. The van der Waals surface area contributed by atoms with Gasteiger partial charge in [0, 0.05) is 30.1 Å². The Morgan fingerprint density at radius 2 is 2.00 bits per heavy atom. The van der Waals surface area contributed by atoms with Gasteiger partial charge < -0.3 is 24.5 Å². The predicted molar refractivity (Wildman–Crippen MR) is 113 cm³/mol. The van der Waals surface area contributed by atoms with Gasteiger partial charge >= 0.3 is 5.97 Å². The molecule has 0 saturated heterocycles. The maximum absolute atomic E-state index is 13.2. The third-order valence-corrected chi connectivity index (χ3v) is 5.94. The molecule has 0 saturated carbocycles. The van der Waals surface area contributed by atoms with Crippen LogP contribution in [-0.2, 0) is 16.0 Å². The topological polar surface area (TPSA) is 125 Å². The fourth-order valence-corrected chi connectivity index (χ4v) is 4.52. The summed E-state index contributed by atoms with van der Waals surface area (Å²) in [6.07, 6.45) is 0.217. The van der Waals surface area contributed by atoms with Crippen molar-refractivity contribution in [2.24, 2.45) is 5.29 Å². The van der Waals surface area contributed by atoms with Gasteiger partial charge in [0.2, 0.25) is 12.7 Å². The number of carboxylic acids is 1. The summed E-state index contributed by atoms with van der Waals surface area (Å²) in [5, 5.41) is 14.5. The van der Waals surface area contributed by atoms with Crippen LogP contribution in [0.1, 0.15) is 22.9 Å². The number of ether oxygens (including phenoxy) is 2. The number of likely N-dealkylation sites (N-methyl/N-ethyl adjacent to an activating group) is 1. The molecule has 10 heteroatoms. The van der Waals surface area contributed by atoms with Crippen LogP contribution in [0.4, 0.5) is 0 Å². The largest absolute Gasteiger partial charge is 0.480 e. The number of hydrogen-bond donors (Lipinski definition) is 2. The van der Waals surface area contributed by atoms with E-state index in [-0.39, 0.29) is 13.2 Å². The van der Waals surface area contributed by atoms with Crippen LogP contribution in [-0.4, -0.2) is 58.3 Å². The number of aliphatic carboxylic acids is 1. The molecule has 1 amide bonds. The fourth-order valence-electron chi connectivity index (χ4n) is 4.52. The summed E-state index contributed by atoms with van der Waals surface area (Å²) in [7, 11) is 1.40. The van der Waals surface area contributed by atoms with E-state index < -0.39 is 30.5 Å². The maximum atomic E-state index is 13.2. The van der Waals surface area contributed by atoms with E-state index in [0.717, 1.165) is 27.1 Å². The van der Waals surface area contributed by atoms with Crippen molar-refractivity contribution in [3.63, 3.8) is 0 Å². The molecule has 2 aromatic carbocycles. The number of hydrogen-bond acceptors (Lipinski definition) is 6. The van der Waals surface area contributed by atoms with Gasteiger partial charge in [0.15, 0.2) is 11.5 Å².